The standard InChI is InChI=1S/C22H23NO6/c1-15(24)19-6-2-3-7-20(19)23-21(25)14-29-22(26)16-8-10-17(11-9-16)28-13-18-5-4-12-27-18/h2-3,6-11,18H,4-5,12-14H2,1H3,(H,23,25)/t18-/m1/s1. The average Bonchev–Trinajstić information content (AvgIpc) is 3.25. The van der Waals surface area contributed by atoms with E-state index in [-0.39, 0.29) is 11.9 Å². The molecule has 7 nitrogen and oxygen atoms in total. The van der Waals surface area contributed by atoms with Gasteiger partial charge in [-0.15, -0.1) is 0 Å². The smallest absolute Gasteiger partial charge is 0.338 e. The van der Waals surface area contributed by atoms with Crippen molar-refractivity contribution in [3.63, 3.8) is 0 Å². The molecule has 0 bridgehead atoms. The highest BCUT2D eigenvalue weighted by Crippen LogP contribution is 2.18. The highest BCUT2D eigenvalue weighted by molar-refractivity contribution is 6.04. The third-order valence-electron chi connectivity index (χ3n) is 4.46. The number of nitrogens with one attached hydrogen (secondary N) is 1. The molecule has 1 N–H and O–H groups in total. The molecule has 2 aromatic carbocycles. The first-order chi connectivity index (χ1) is 14.0. The molecule has 3 rings (SSSR count). The van der Waals surface area contributed by atoms with Crippen LogP contribution < -0.4 is 10.1 Å². The second-order valence-corrected chi connectivity index (χ2v) is 6.70. The van der Waals surface area contributed by atoms with Crippen LogP contribution in [0, 0.1) is 0 Å². The molecule has 2 aromatic rings. The highest BCUT2D eigenvalue weighted by atomic mass is 16.5. The highest BCUT2D eigenvalue weighted by Gasteiger charge is 2.16. The van der Waals surface area contributed by atoms with Crippen molar-refractivity contribution in [3.8, 4) is 5.75 Å². The number of hydrogen-bond donors (Lipinski definition) is 1. The number of amides is 1. The van der Waals surface area contributed by atoms with Gasteiger partial charge in [-0.3, -0.25) is 9.59 Å². The third-order valence-corrected chi connectivity index (χ3v) is 4.46. The van der Waals surface area contributed by atoms with Gasteiger partial charge in [-0.25, -0.2) is 4.79 Å². The van der Waals surface area contributed by atoms with Crippen LogP contribution in [0.15, 0.2) is 48.5 Å². The largest absolute Gasteiger partial charge is 0.491 e. The molecule has 1 heterocycles. The summed E-state index contributed by atoms with van der Waals surface area (Å²) in [5.41, 5.74) is 1.09. The van der Waals surface area contributed by atoms with Crippen LogP contribution in [0.5, 0.6) is 5.75 Å². The lowest BCUT2D eigenvalue weighted by molar-refractivity contribution is -0.119. The fourth-order valence-corrected chi connectivity index (χ4v) is 2.95. The Hall–Kier alpha value is -3.19. The number of Topliss-reactive ketones (excluding diaryl/α,β-unsaturated/α-hetero) is 1. The maximum Gasteiger partial charge on any atom is 0.338 e. The van der Waals surface area contributed by atoms with Crippen molar-refractivity contribution in [1.82, 2.24) is 0 Å². The fourth-order valence-electron chi connectivity index (χ4n) is 2.95. The van der Waals surface area contributed by atoms with E-state index < -0.39 is 18.5 Å². The summed E-state index contributed by atoms with van der Waals surface area (Å²) in [6.45, 7) is 2.21. The molecule has 0 saturated carbocycles. The minimum absolute atomic E-state index is 0.117. The number of esters is 1. The van der Waals surface area contributed by atoms with Gasteiger partial charge in [-0.05, 0) is 56.2 Å². The lowest BCUT2D eigenvalue weighted by Gasteiger charge is -2.12. The Balaban J connectivity index is 1.47. The number of ketones is 1. The Bertz CT molecular complexity index is 871. The lowest BCUT2D eigenvalue weighted by Crippen LogP contribution is -2.22. The Labute approximate surface area is 169 Å². The van der Waals surface area contributed by atoms with Crippen molar-refractivity contribution in [2.45, 2.75) is 25.9 Å². The second-order valence-electron chi connectivity index (χ2n) is 6.70. The van der Waals surface area contributed by atoms with Crippen LogP contribution in [-0.2, 0) is 14.3 Å². The van der Waals surface area contributed by atoms with Gasteiger partial charge in [-0.1, -0.05) is 12.1 Å². The summed E-state index contributed by atoms with van der Waals surface area (Å²) < 4.78 is 16.2. The molecule has 0 aliphatic carbocycles. The Morgan fingerprint density at radius 1 is 1.10 bits per heavy atom. The van der Waals surface area contributed by atoms with E-state index in [1.54, 1.807) is 48.5 Å². The van der Waals surface area contributed by atoms with Crippen molar-refractivity contribution in [1.29, 1.82) is 0 Å². The predicted octanol–water partition coefficient (Wildman–Crippen LogP) is 3.24. The zero-order chi connectivity index (χ0) is 20.6. The summed E-state index contributed by atoms with van der Waals surface area (Å²) in [6.07, 6.45) is 2.15. The van der Waals surface area contributed by atoms with Crippen molar-refractivity contribution < 1.29 is 28.6 Å². The number of rotatable bonds is 8. The molecule has 1 saturated heterocycles. The van der Waals surface area contributed by atoms with E-state index in [1.165, 1.54) is 6.92 Å². The predicted molar refractivity (Wildman–Crippen MR) is 106 cm³/mol. The molecule has 1 amide bonds. The monoisotopic (exact) mass is 397 g/mol. The summed E-state index contributed by atoms with van der Waals surface area (Å²) in [4.78, 5) is 35.8. The van der Waals surface area contributed by atoms with Gasteiger partial charge < -0.3 is 19.5 Å². The third kappa shape index (κ3) is 5.89. The summed E-state index contributed by atoms with van der Waals surface area (Å²) >= 11 is 0. The number of para-hydroxylation sites is 1. The van der Waals surface area contributed by atoms with Crippen LogP contribution in [0.4, 0.5) is 5.69 Å². The van der Waals surface area contributed by atoms with Gasteiger partial charge in [0, 0.05) is 12.2 Å². The van der Waals surface area contributed by atoms with Gasteiger partial charge in [0.05, 0.1) is 17.4 Å². The molecule has 1 fully saturated rings. The van der Waals surface area contributed by atoms with Gasteiger partial charge in [0.15, 0.2) is 12.4 Å². The first-order valence-corrected chi connectivity index (χ1v) is 9.44. The summed E-state index contributed by atoms with van der Waals surface area (Å²) in [7, 11) is 0. The van der Waals surface area contributed by atoms with Crippen LogP contribution in [0.1, 0.15) is 40.5 Å². The van der Waals surface area contributed by atoms with Gasteiger partial charge in [0.25, 0.3) is 5.91 Å². The van der Waals surface area contributed by atoms with Crippen LogP contribution in [0.3, 0.4) is 0 Å². The SMILES string of the molecule is CC(=O)c1ccccc1NC(=O)COC(=O)c1ccc(OC[C@H]2CCCO2)cc1. The number of anilines is 1. The van der Waals surface area contributed by atoms with E-state index >= 15 is 0 Å². The summed E-state index contributed by atoms with van der Waals surface area (Å²) in [5.74, 6) is -0.676. The maximum atomic E-state index is 12.1. The Morgan fingerprint density at radius 2 is 1.86 bits per heavy atom. The zero-order valence-electron chi connectivity index (χ0n) is 16.2. The van der Waals surface area contributed by atoms with Crippen molar-refractivity contribution in [2.24, 2.45) is 0 Å². The van der Waals surface area contributed by atoms with Gasteiger partial charge >= 0.3 is 5.97 Å². The Morgan fingerprint density at radius 3 is 2.55 bits per heavy atom. The first kappa shape index (κ1) is 20.5. The molecular weight excluding hydrogens is 374 g/mol. The van der Waals surface area contributed by atoms with Crippen molar-refractivity contribution in [3.05, 3.63) is 59.7 Å². The molecule has 1 atom stereocenters. The van der Waals surface area contributed by atoms with Gasteiger partial charge in [-0.2, -0.15) is 0 Å². The zero-order valence-corrected chi connectivity index (χ0v) is 16.2. The van der Waals surface area contributed by atoms with Crippen molar-refractivity contribution >= 4 is 23.3 Å². The number of hydrogen-bond acceptors (Lipinski definition) is 6. The average molecular weight is 397 g/mol. The molecule has 7 heteroatoms. The number of carbonyl (C=O) groups is 3. The molecule has 29 heavy (non-hydrogen) atoms. The van der Waals surface area contributed by atoms with E-state index in [1.807, 2.05) is 0 Å². The minimum atomic E-state index is -0.620. The number of benzene rings is 2. The van der Waals surface area contributed by atoms with E-state index in [0.717, 1.165) is 19.4 Å². The van der Waals surface area contributed by atoms with E-state index in [4.69, 9.17) is 14.2 Å². The molecule has 0 unspecified atom stereocenters. The molecular formula is C22H23NO6. The van der Waals surface area contributed by atoms with E-state index in [0.29, 0.717) is 29.2 Å². The second kappa shape index (κ2) is 9.84. The molecule has 1 aliphatic heterocycles. The van der Waals surface area contributed by atoms with E-state index in [2.05, 4.69) is 5.32 Å². The van der Waals surface area contributed by atoms with Gasteiger partial charge in [0.2, 0.25) is 0 Å². The fraction of sp³-hybridized carbons (Fsp3) is 0.318. The van der Waals surface area contributed by atoms with E-state index in [9.17, 15) is 14.4 Å². The molecule has 152 valence electrons. The number of carbonyl (C=O) groups excluding carboxylic acids is 3. The molecule has 0 spiro atoms. The van der Waals surface area contributed by atoms with Crippen LogP contribution in [0.25, 0.3) is 0 Å². The summed E-state index contributed by atoms with van der Waals surface area (Å²) in [6, 6.07) is 13.2. The van der Waals surface area contributed by atoms with Gasteiger partial charge in [0.1, 0.15) is 12.4 Å². The normalized spacial score (nSPS) is 15.6. The summed E-state index contributed by atoms with van der Waals surface area (Å²) in [5, 5.41) is 2.58. The first-order valence-electron chi connectivity index (χ1n) is 9.44. The molecule has 0 radical (unpaired) electrons. The van der Waals surface area contributed by atoms with Crippen molar-refractivity contribution in [2.75, 3.05) is 25.1 Å². The Kier molecular flexibility index (Phi) is 6.97. The van der Waals surface area contributed by atoms with Crippen LogP contribution >= 0.6 is 0 Å². The topological polar surface area (TPSA) is 90.9 Å². The maximum absolute atomic E-state index is 12.1. The minimum Gasteiger partial charge on any atom is -0.491 e. The lowest BCUT2D eigenvalue weighted by atomic mass is 10.1. The van der Waals surface area contributed by atoms with Crippen LogP contribution in [-0.4, -0.2) is 43.6 Å². The van der Waals surface area contributed by atoms with Crippen LogP contribution in [0.2, 0.25) is 0 Å². The number of ether oxygens (including phenoxy) is 3. The quantitative estimate of drug-likeness (QED) is 0.543. The molecule has 1 aliphatic rings. The molecule has 0 aromatic heterocycles.